The Morgan fingerprint density at radius 2 is 1.85 bits per heavy atom. The van der Waals surface area contributed by atoms with Gasteiger partial charge in [0, 0.05) is 30.7 Å². The normalized spacial score (nSPS) is 31.4. The van der Waals surface area contributed by atoms with E-state index in [4.69, 9.17) is 10.00 Å². The molecular formula is C22H24N4O. The zero-order valence-corrected chi connectivity index (χ0v) is 15.6. The lowest BCUT2D eigenvalue weighted by Gasteiger charge is -2.51. The van der Waals surface area contributed by atoms with Crippen LogP contribution < -0.4 is 9.64 Å². The van der Waals surface area contributed by atoms with E-state index in [2.05, 4.69) is 45.1 Å². The summed E-state index contributed by atoms with van der Waals surface area (Å²) in [5.41, 5.74) is 2.00. The zero-order valence-electron chi connectivity index (χ0n) is 15.6. The standard InChI is InChI=1S/C22H24N4O/c1-27-18-5-3-16(4-6-18)19-14-26(20-7-2-15(12-23)13-24-20)21-17-8-10-25(11-9-17)22(19)21/h2-7,13,17,19,21-22H,8-11,14H2,1H3/t19-,21+,22+/m0/s1. The van der Waals surface area contributed by atoms with E-state index in [9.17, 15) is 0 Å². The minimum atomic E-state index is 0.474. The molecule has 4 aliphatic heterocycles. The number of hydrogen-bond donors (Lipinski definition) is 0. The Kier molecular flexibility index (Phi) is 4.02. The van der Waals surface area contributed by atoms with Crippen LogP contribution in [0.15, 0.2) is 42.6 Å². The summed E-state index contributed by atoms with van der Waals surface area (Å²) in [5, 5.41) is 9.08. The Morgan fingerprint density at radius 1 is 1.07 bits per heavy atom. The molecular weight excluding hydrogens is 336 g/mol. The highest BCUT2D eigenvalue weighted by molar-refractivity contribution is 5.48. The highest BCUT2D eigenvalue weighted by Gasteiger charge is 2.53. The topological polar surface area (TPSA) is 52.4 Å². The van der Waals surface area contributed by atoms with Gasteiger partial charge in [-0.25, -0.2) is 4.98 Å². The summed E-state index contributed by atoms with van der Waals surface area (Å²) in [5.74, 6) is 3.13. The molecule has 0 aliphatic carbocycles. The van der Waals surface area contributed by atoms with E-state index in [0.717, 1.165) is 24.0 Å². The minimum absolute atomic E-state index is 0.474. The molecule has 6 rings (SSSR count). The second kappa shape index (κ2) is 6.54. The highest BCUT2D eigenvalue weighted by atomic mass is 16.5. The van der Waals surface area contributed by atoms with Crippen molar-refractivity contribution in [2.45, 2.75) is 30.8 Å². The largest absolute Gasteiger partial charge is 0.497 e. The maximum Gasteiger partial charge on any atom is 0.128 e. The number of hydrogen-bond acceptors (Lipinski definition) is 5. The van der Waals surface area contributed by atoms with E-state index in [1.165, 1.54) is 31.5 Å². The van der Waals surface area contributed by atoms with Gasteiger partial charge in [-0.15, -0.1) is 0 Å². The van der Waals surface area contributed by atoms with Crippen LogP contribution in [0.4, 0.5) is 5.82 Å². The first-order chi connectivity index (χ1) is 13.3. The lowest BCUT2D eigenvalue weighted by molar-refractivity contribution is 0.0354. The predicted molar refractivity (Wildman–Crippen MR) is 104 cm³/mol. The van der Waals surface area contributed by atoms with Gasteiger partial charge in [-0.2, -0.15) is 5.26 Å². The Hall–Kier alpha value is -2.58. The molecule has 4 fully saturated rings. The number of piperidine rings is 3. The zero-order chi connectivity index (χ0) is 18.4. The highest BCUT2D eigenvalue weighted by Crippen LogP contribution is 2.47. The molecule has 5 heterocycles. The van der Waals surface area contributed by atoms with E-state index in [1.54, 1.807) is 13.3 Å². The molecule has 2 aromatic rings. The summed E-state index contributed by atoms with van der Waals surface area (Å²) < 4.78 is 5.34. The molecule has 0 saturated carbocycles. The molecule has 0 N–H and O–H groups in total. The second-order valence-corrected chi connectivity index (χ2v) is 7.90. The summed E-state index contributed by atoms with van der Waals surface area (Å²) in [6.07, 6.45) is 4.26. The van der Waals surface area contributed by atoms with Gasteiger partial charge in [0.1, 0.15) is 17.6 Å². The third kappa shape index (κ3) is 2.67. The maximum atomic E-state index is 9.08. The van der Waals surface area contributed by atoms with Gasteiger partial charge in [-0.05, 0) is 61.7 Å². The molecule has 4 saturated heterocycles. The quantitative estimate of drug-likeness (QED) is 0.842. The summed E-state index contributed by atoms with van der Waals surface area (Å²) >= 11 is 0. The summed E-state index contributed by atoms with van der Waals surface area (Å²) in [7, 11) is 1.71. The first-order valence-electron chi connectivity index (χ1n) is 9.79. The number of pyridine rings is 1. The lowest BCUT2D eigenvalue weighted by atomic mass is 9.75. The summed E-state index contributed by atoms with van der Waals surface area (Å²) in [6, 6.07) is 15.7. The summed E-state index contributed by atoms with van der Waals surface area (Å²) in [6.45, 7) is 3.41. The SMILES string of the molecule is COc1ccc([C@@H]2CN(c3ccc(C#N)cn3)[C@@H]3C4CCN(CC4)[C@@H]32)cc1. The Balaban J connectivity index is 1.51. The van der Waals surface area contributed by atoms with Crippen molar-refractivity contribution in [1.29, 1.82) is 5.26 Å². The van der Waals surface area contributed by atoms with E-state index < -0.39 is 0 Å². The Bertz CT molecular complexity index is 849. The van der Waals surface area contributed by atoms with Crippen molar-refractivity contribution in [2.24, 2.45) is 5.92 Å². The Morgan fingerprint density at radius 3 is 2.48 bits per heavy atom. The van der Waals surface area contributed by atoms with Crippen molar-refractivity contribution in [3.8, 4) is 11.8 Å². The molecule has 3 atom stereocenters. The van der Waals surface area contributed by atoms with Crippen LogP contribution in [0.1, 0.15) is 29.9 Å². The molecule has 4 aliphatic rings. The molecule has 0 amide bonds. The number of rotatable bonds is 3. The monoisotopic (exact) mass is 360 g/mol. The van der Waals surface area contributed by atoms with Gasteiger partial charge in [-0.1, -0.05) is 12.1 Å². The smallest absolute Gasteiger partial charge is 0.128 e. The first kappa shape index (κ1) is 16.6. The van der Waals surface area contributed by atoms with Crippen molar-refractivity contribution in [3.05, 3.63) is 53.7 Å². The molecule has 2 bridgehead atoms. The van der Waals surface area contributed by atoms with Crippen molar-refractivity contribution >= 4 is 5.82 Å². The van der Waals surface area contributed by atoms with Crippen molar-refractivity contribution in [2.75, 3.05) is 31.6 Å². The molecule has 27 heavy (non-hydrogen) atoms. The molecule has 0 unspecified atom stereocenters. The van der Waals surface area contributed by atoms with Crippen molar-refractivity contribution < 1.29 is 4.74 Å². The minimum Gasteiger partial charge on any atom is -0.497 e. The number of methoxy groups -OCH3 is 1. The number of ether oxygens (including phenoxy) is 1. The molecule has 138 valence electrons. The van der Waals surface area contributed by atoms with Gasteiger partial charge in [0.2, 0.25) is 0 Å². The number of anilines is 1. The third-order valence-corrected chi connectivity index (χ3v) is 6.71. The average Bonchev–Trinajstić information content (AvgIpc) is 3.18. The maximum absolute atomic E-state index is 9.08. The van der Waals surface area contributed by atoms with Crippen molar-refractivity contribution in [1.82, 2.24) is 9.88 Å². The predicted octanol–water partition coefficient (Wildman–Crippen LogP) is 3.03. The number of benzene rings is 1. The second-order valence-electron chi connectivity index (χ2n) is 7.90. The van der Waals surface area contributed by atoms with Crippen LogP contribution >= 0.6 is 0 Å². The van der Waals surface area contributed by atoms with Crippen molar-refractivity contribution in [3.63, 3.8) is 0 Å². The van der Waals surface area contributed by atoms with Crippen LogP contribution in [0.25, 0.3) is 0 Å². The molecule has 1 aromatic carbocycles. The lowest BCUT2D eigenvalue weighted by Crippen LogP contribution is -2.60. The number of nitriles is 1. The molecule has 5 nitrogen and oxygen atoms in total. The van der Waals surface area contributed by atoms with Crippen LogP contribution in [0.3, 0.4) is 0 Å². The van der Waals surface area contributed by atoms with E-state index in [-0.39, 0.29) is 0 Å². The van der Waals surface area contributed by atoms with Crippen LogP contribution in [-0.2, 0) is 0 Å². The van der Waals surface area contributed by atoms with E-state index in [1.807, 2.05) is 12.1 Å². The number of nitrogens with zero attached hydrogens (tertiary/aromatic N) is 4. The fourth-order valence-electron chi connectivity index (χ4n) is 5.45. The van der Waals surface area contributed by atoms with Gasteiger partial charge in [0.05, 0.1) is 12.7 Å². The van der Waals surface area contributed by atoms with Gasteiger partial charge < -0.3 is 9.64 Å². The van der Waals surface area contributed by atoms with Crippen LogP contribution in [-0.4, -0.2) is 48.7 Å². The van der Waals surface area contributed by atoms with Gasteiger partial charge in [0.25, 0.3) is 0 Å². The molecule has 0 spiro atoms. The van der Waals surface area contributed by atoms with Crippen LogP contribution in [0.2, 0.25) is 0 Å². The van der Waals surface area contributed by atoms with Crippen LogP contribution in [0, 0.1) is 17.2 Å². The molecule has 0 radical (unpaired) electrons. The number of fused-ring (bicyclic) bond motifs is 2. The van der Waals surface area contributed by atoms with Crippen LogP contribution in [0.5, 0.6) is 5.75 Å². The first-order valence-corrected chi connectivity index (χ1v) is 9.79. The summed E-state index contributed by atoms with van der Waals surface area (Å²) in [4.78, 5) is 9.83. The number of aromatic nitrogens is 1. The van der Waals surface area contributed by atoms with E-state index >= 15 is 0 Å². The average molecular weight is 360 g/mol. The third-order valence-electron chi connectivity index (χ3n) is 6.71. The molecule has 5 heteroatoms. The van der Waals surface area contributed by atoms with Gasteiger partial charge >= 0.3 is 0 Å². The molecule has 1 aromatic heterocycles. The fourth-order valence-corrected chi connectivity index (χ4v) is 5.45. The Labute approximate surface area is 160 Å². The van der Waals surface area contributed by atoms with E-state index in [0.29, 0.717) is 23.6 Å². The van der Waals surface area contributed by atoms with Gasteiger partial charge in [0.15, 0.2) is 0 Å². The fraction of sp³-hybridized carbons (Fsp3) is 0.455. The van der Waals surface area contributed by atoms with Gasteiger partial charge in [-0.3, -0.25) is 4.90 Å².